The molecule has 0 radical (unpaired) electrons. The second-order valence-electron chi connectivity index (χ2n) is 7.62. The molecule has 0 saturated heterocycles. The zero-order valence-electron chi connectivity index (χ0n) is 16.6. The Hall–Kier alpha value is -3.73. The van der Waals surface area contributed by atoms with Crippen molar-refractivity contribution in [1.29, 1.82) is 0 Å². The third-order valence-corrected chi connectivity index (χ3v) is 5.24. The van der Waals surface area contributed by atoms with Crippen LogP contribution in [0.4, 0.5) is 5.69 Å². The number of carbonyl (C=O) groups excluding carboxylic acids is 1. The molecule has 5 nitrogen and oxygen atoms in total. The highest BCUT2D eigenvalue weighted by molar-refractivity contribution is 6.06. The number of benzene rings is 3. The second-order valence-corrected chi connectivity index (χ2v) is 7.62. The van der Waals surface area contributed by atoms with Crippen molar-refractivity contribution in [2.45, 2.75) is 26.1 Å². The summed E-state index contributed by atoms with van der Waals surface area (Å²) in [5.74, 6) is 1.48. The first-order valence-electron chi connectivity index (χ1n) is 10.0. The van der Waals surface area contributed by atoms with Crippen LogP contribution >= 0.6 is 0 Å². The monoisotopic (exact) mass is 398 g/mol. The van der Waals surface area contributed by atoms with Crippen LogP contribution in [0.2, 0.25) is 0 Å². The minimum atomic E-state index is -0.176. The molecule has 5 rings (SSSR count). The Kier molecular flexibility index (Phi) is 4.64. The molecule has 1 atom stereocenters. The summed E-state index contributed by atoms with van der Waals surface area (Å²) in [4.78, 5) is 15.9. The number of H-pyrrole nitrogens is 1. The highest BCUT2D eigenvalue weighted by Gasteiger charge is 2.19. The minimum Gasteiger partial charge on any atom is -0.490 e. The van der Waals surface area contributed by atoms with E-state index in [0.29, 0.717) is 12.3 Å². The van der Waals surface area contributed by atoms with E-state index in [2.05, 4.69) is 10.3 Å². The summed E-state index contributed by atoms with van der Waals surface area (Å²) in [6, 6.07) is 23.4. The summed E-state index contributed by atoms with van der Waals surface area (Å²) in [6.45, 7) is 2.54. The van der Waals surface area contributed by atoms with E-state index in [-0.39, 0.29) is 12.0 Å². The largest absolute Gasteiger partial charge is 0.490 e. The van der Waals surface area contributed by atoms with Gasteiger partial charge in [0.15, 0.2) is 0 Å². The molecule has 5 heteroatoms. The van der Waals surface area contributed by atoms with E-state index in [4.69, 9.17) is 9.47 Å². The lowest BCUT2D eigenvalue weighted by molar-refractivity contribution is 0.102. The van der Waals surface area contributed by atoms with E-state index < -0.39 is 0 Å². The van der Waals surface area contributed by atoms with E-state index in [0.717, 1.165) is 45.6 Å². The summed E-state index contributed by atoms with van der Waals surface area (Å²) in [5.41, 5.74) is 4.37. The lowest BCUT2D eigenvalue weighted by Crippen LogP contribution is -2.12. The molecular weight excluding hydrogens is 376 g/mol. The van der Waals surface area contributed by atoms with Gasteiger partial charge in [-0.1, -0.05) is 30.3 Å². The van der Waals surface area contributed by atoms with Gasteiger partial charge in [0.2, 0.25) is 0 Å². The molecule has 0 spiro atoms. The van der Waals surface area contributed by atoms with Crippen LogP contribution in [0.5, 0.6) is 11.5 Å². The Labute approximate surface area is 174 Å². The Morgan fingerprint density at radius 3 is 2.83 bits per heavy atom. The number of fused-ring (bicyclic) bond motifs is 2. The second kappa shape index (κ2) is 7.59. The summed E-state index contributed by atoms with van der Waals surface area (Å²) in [6.07, 6.45) is 1.04. The topological polar surface area (TPSA) is 63.3 Å². The van der Waals surface area contributed by atoms with Gasteiger partial charge in [0, 0.05) is 29.1 Å². The third kappa shape index (κ3) is 3.74. The fourth-order valence-electron chi connectivity index (χ4n) is 3.76. The van der Waals surface area contributed by atoms with Crippen molar-refractivity contribution in [3.8, 4) is 11.5 Å². The first-order chi connectivity index (χ1) is 14.6. The quantitative estimate of drug-likeness (QED) is 0.478. The third-order valence-electron chi connectivity index (χ3n) is 5.24. The average molecular weight is 398 g/mol. The normalized spacial score (nSPS) is 14.9. The summed E-state index contributed by atoms with van der Waals surface area (Å²) >= 11 is 0. The van der Waals surface area contributed by atoms with Crippen LogP contribution in [0.3, 0.4) is 0 Å². The van der Waals surface area contributed by atoms with Gasteiger partial charge in [-0.25, -0.2) is 0 Å². The van der Waals surface area contributed by atoms with E-state index >= 15 is 0 Å². The van der Waals surface area contributed by atoms with Crippen molar-refractivity contribution in [1.82, 2.24) is 4.98 Å². The molecule has 3 aromatic carbocycles. The maximum absolute atomic E-state index is 12.7. The van der Waals surface area contributed by atoms with Crippen molar-refractivity contribution >= 4 is 22.5 Å². The molecule has 0 fully saturated rings. The molecule has 1 aromatic heterocycles. The van der Waals surface area contributed by atoms with Crippen molar-refractivity contribution in [2.24, 2.45) is 0 Å². The van der Waals surface area contributed by atoms with Gasteiger partial charge in [-0.05, 0) is 54.4 Å². The number of hydrogen-bond donors (Lipinski definition) is 2. The number of amides is 1. The van der Waals surface area contributed by atoms with Gasteiger partial charge in [-0.2, -0.15) is 0 Å². The number of ether oxygens (including phenoxy) is 2. The molecule has 1 amide bonds. The van der Waals surface area contributed by atoms with Gasteiger partial charge in [0.05, 0.1) is 0 Å². The molecule has 0 bridgehead atoms. The standard InChI is InChI=1S/C25H22N2O3/c1-16-11-19-12-20(8-10-24(19)30-16)26-25(28)23-13-18-7-9-21(14-22(18)27-23)29-15-17-5-3-2-4-6-17/h2-10,12-14,16,27H,11,15H2,1H3,(H,26,28). The molecule has 1 aliphatic rings. The smallest absolute Gasteiger partial charge is 0.272 e. The van der Waals surface area contributed by atoms with Crippen molar-refractivity contribution in [3.05, 3.63) is 89.6 Å². The number of hydrogen-bond acceptors (Lipinski definition) is 3. The van der Waals surface area contributed by atoms with Gasteiger partial charge in [0.1, 0.15) is 29.9 Å². The van der Waals surface area contributed by atoms with Crippen LogP contribution in [0.15, 0.2) is 72.8 Å². The lowest BCUT2D eigenvalue weighted by atomic mass is 10.1. The molecule has 1 unspecified atom stereocenters. The summed E-state index contributed by atoms with van der Waals surface area (Å²) < 4.78 is 11.6. The Morgan fingerprint density at radius 2 is 1.97 bits per heavy atom. The fourth-order valence-corrected chi connectivity index (χ4v) is 3.76. The predicted molar refractivity (Wildman–Crippen MR) is 117 cm³/mol. The Bertz CT molecular complexity index is 1210. The van der Waals surface area contributed by atoms with Crippen LogP contribution in [0.25, 0.3) is 10.9 Å². The minimum absolute atomic E-state index is 0.176. The number of aromatic amines is 1. The van der Waals surface area contributed by atoms with E-state index in [9.17, 15) is 4.79 Å². The summed E-state index contributed by atoms with van der Waals surface area (Å²) in [5, 5.41) is 3.93. The van der Waals surface area contributed by atoms with Crippen LogP contribution in [0.1, 0.15) is 28.5 Å². The highest BCUT2D eigenvalue weighted by atomic mass is 16.5. The molecule has 30 heavy (non-hydrogen) atoms. The Morgan fingerprint density at radius 1 is 1.10 bits per heavy atom. The van der Waals surface area contributed by atoms with E-state index in [1.807, 2.05) is 79.7 Å². The fraction of sp³-hybridized carbons (Fsp3) is 0.160. The van der Waals surface area contributed by atoms with E-state index in [1.54, 1.807) is 0 Å². The summed E-state index contributed by atoms with van der Waals surface area (Å²) in [7, 11) is 0. The van der Waals surface area contributed by atoms with Gasteiger partial charge >= 0.3 is 0 Å². The first-order valence-corrected chi connectivity index (χ1v) is 10.0. The lowest BCUT2D eigenvalue weighted by Gasteiger charge is -2.06. The average Bonchev–Trinajstić information content (AvgIpc) is 3.34. The van der Waals surface area contributed by atoms with Crippen LogP contribution < -0.4 is 14.8 Å². The van der Waals surface area contributed by atoms with Gasteiger partial charge in [0.25, 0.3) is 5.91 Å². The maximum atomic E-state index is 12.7. The SMILES string of the molecule is CC1Cc2cc(NC(=O)c3cc4ccc(OCc5ccccc5)cc4[nH]3)ccc2O1. The molecule has 4 aromatic rings. The van der Waals surface area contributed by atoms with Crippen molar-refractivity contribution in [3.63, 3.8) is 0 Å². The maximum Gasteiger partial charge on any atom is 0.272 e. The Balaban J connectivity index is 1.30. The molecular formula is C25H22N2O3. The molecule has 0 saturated carbocycles. The van der Waals surface area contributed by atoms with Crippen molar-refractivity contribution < 1.29 is 14.3 Å². The molecule has 2 N–H and O–H groups in total. The van der Waals surface area contributed by atoms with Gasteiger partial charge in [-0.15, -0.1) is 0 Å². The predicted octanol–water partition coefficient (Wildman–Crippen LogP) is 5.32. The van der Waals surface area contributed by atoms with Crippen LogP contribution in [-0.2, 0) is 13.0 Å². The zero-order valence-corrected chi connectivity index (χ0v) is 16.6. The van der Waals surface area contributed by atoms with Crippen molar-refractivity contribution in [2.75, 3.05) is 5.32 Å². The van der Waals surface area contributed by atoms with Crippen LogP contribution in [-0.4, -0.2) is 17.0 Å². The molecule has 0 aliphatic carbocycles. The first kappa shape index (κ1) is 18.3. The number of aromatic nitrogens is 1. The molecule has 150 valence electrons. The highest BCUT2D eigenvalue weighted by Crippen LogP contribution is 2.31. The van der Waals surface area contributed by atoms with Crippen LogP contribution in [0, 0.1) is 0 Å². The molecule has 1 aliphatic heterocycles. The molecule has 2 heterocycles. The zero-order chi connectivity index (χ0) is 20.5. The van der Waals surface area contributed by atoms with Gasteiger partial charge < -0.3 is 19.8 Å². The number of carbonyl (C=O) groups is 1. The number of nitrogens with one attached hydrogen (secondary N) is 2. The number of rotatable bonds is 5. The number of anilines is 1. The van der Waals surface area contributed by atoms with E-state index in [1.165, 1.54) is 0 Å². The van der Waals surface area contributed by atoms with Gasteiger partial charge in [-0.3, -0.25) is 4.79 Å².